The molecule has 0 unspecified atom stereocenters. The molecule has 0 bridgehead atoms. The summed E-state index contributed by atoms with van der Waals surface area (Å²) in [5, 5.41) is 9.27. The van der Waals surface area contributed by atoms with E-state index in [2.05, 4.69) is 35.9 Å². The average Bonchev–Trinajstić information content (AvgIpc) is 2.81. The van der Waals surface area contributed by atoms with Crippen molar-refractivity contribution >= 4 is 11.3 Å². The second-order valence-corrected chi connectivity index (χ2v) is 6.49. The number of nitrogens with one attached hydrogen (secondary N) is 1. The number of benzene rings is 1. The standard InChI is InChI=1S/C16H22N2O2S/c1-12(2)15-14(21-16(20)17-15)11-18(8-9-19)10-13-6-4-3-5-7-13/h3-7,12,19H,8-11H2,1-2H3,(H,17,20). The molecule has 2 rings (SSSR count). The summed E-state index contributed by atoms with van der Waals surface area (Å²) < 4.78 is 0. The van der Waals surface area contributed by atoms with E-state index in [4.69, 9.17) is 0 Å². The molecular weight excluding hydrogens is 284 g/mol. The molecule has 4 nitrogen and oxygen atoms in total. The number of hydrogen-bond donors (Lipinski definition) is 2. The van der Waals surface area contributed by atoms with Crippen LogP contribution in [0.4, 0.5) is 0 Å². The molecule has 2 N–H and O–H groups in total. The molecule has 114 valence electrons. The molecule has 0 saturated carbocycles. The van der Waals surface area contributed by atoms with Crippen LogP contribution in [0.1, 0.15) is 35.9 Å². The lowest BCUT2D eigenvalue weighted by atomic mass is 10.1. The minimum absolute atomic E-state index is 0.00244. The normalized spacial score (nSPS) is 11.5. The van der Waals surface area contributed by atoms with E-state index in [1.54, 1.807) is 0 Å². The van der Waals surface area contributed by atoms with Crippen LogP contribution in [0.5, 0.6) is 0 Å². The van der Waals surface area contributed by atoms with Gasteiger partial charge in [-0.2, -0.15) is 0 Å². The number of nitrogens with zero attached hydrogens (tertiary/aromatic N) is 1. The minimum atomic E-state index is -0.00244. The van der Waals surface area contributed by atoms with E-state index in [0.717, 1.165) is 17.1 Å². The highest BCUT2D eigenvalue weighted by Gasteiger charge is 2.15. The summed E-state index contributed by atoms with van der Waals surface area (Å²) in [5.41, 5.74) is 2.22. The number of rotatable bonds is 7. The van der Waals surface area contributed by atoms with Crippen LogP contribution >= 0.6 is 11.3 Å². The fourth-order valence-corrected chi connectivity index (χ4v) is 3.38. The Hall–Kier alpha value is -1.43. The van der Waals surface area contributed by atoms with Crippen molar-refractivity contribution in [2.24, 2.45) is 0 Å². The maximum Gasteiger partial charge on any atom is 0.304 e. The van der Waals surface area contributed by atoms with Crippen LogP contribution in [-0.2, 0) is 13.1 Å². The van der Waals surface area contributed by atoms with Gasteiger partial charge in [-0.25, -0.2) is 0 Å². The number of H-pyrrole nitrogens is 1. The summed E-state index contributed by atoms with van der Waals surface area (Å²) in [6.45, 7) is 6.32. The van der Waals surface area contributed by atoms with Crippen molar-refractivity contribution in [2.45, 2.75) is 32.9 Å². The molecule has 1 aromatic carbocycles. The van der Waals surface area contributed by atoms with Crippen LogP contribution in [0.15, 0.2) is 35.1 Å². The van der Waals surface area contributed by atoms with Crippen LogP contribution in [-0.4, -0.2) is 28.1 Å². The molecule has 0 aliphatic rings. The molecule has 1 aromatic heterocycles. The molecule has 2 aromatic rings. The topological polar surface area (TPSA) is 56.3 Å². The van der Waals surface area contributed by atoms with E-state index in [1.807, 2.05) is 18.2 Å². The largest absolute Gasteiger partial charge is 0.395 e. The number of hydrogen-bond acceptors (Lipinski definition) is 4. The van der Waals surface area contributed by atoms with Gasteiger partial charge >= 0.3 is 4.87 Å². The lowest BCUT2D eigenvalue weighted by molar-refractivity contribution is 0.185. The van der Waals surface area contributed by atoms with Crippen LogP contribution in [0, 0.1) is 0 Å². The summed E-state index contributed by atoms with van der Waals surface area (Å²) >= 11 is 1.27. The molecule has 0 amide bonds. The van der Waals surface area contributed by atoms with Gasteiger partial charge in [0.2, 0.25) is 0 Å². The molecule has 21 heavy (non-hydrogen) atoms. The highest BCUT2D eigenvalue weighted by molar-refractivity contribution is 7.09. The molecule has 0 saturated heterocycles. The number of aliphatic hydroxyl groups is 1. The Labute approximate surface area is 129 Å². The van der Waals surface area contributed by atoms with Gasteiger partial charge in [-0.1, -0.05) is 55.5 Å². The third-order valence-electron chi connectivity index (χ3n) is 3.36. The first-order valence-corrected chi connectivity index (χ1v) is 8.00. The Balaban J connectivity index is 2.14. The van der Waals surface area contributed by atoms with Crippen molar-refractivity contribution in [3.63, 3.8) is 0 Å². The molecule has 1 heterocycles. The smallest absolute Gasteiger partial charge is 0.304 e. The SMILES string of the molecule is CC(C)c1[nH]c(=O)sc1CN(CCO)Cc1ccccc1. The van der Waals surface area contributed by atoms with Crippen molar-refractivity contribution in [3.05, 3.63) is 56.1 Å². The van der Waals surface area contributed by atoms with Crippen LogP contribution in [0.2, 0.25) is 0 Å². The lowest BCUT2D eigenvalue weighted by Crippen LogP contribution is -2.26. The molecule has 0 spiro atoms. The Morgan fingerprint density at radius 1 is 1.24 bits per heavy atom. The zero-order valence-electron chi connectivity index (χ0n) is 12.5. The van der Waals surface area contributed by atoms with Crippen LogP contribution < -0.4 is 4.87 Å². The second kappa shape index (κ2) is 7.54. The number of aliphatic hydroxyl groups excluding tert-OH is 1. The van der Waals surface area contributed by atoms with E-state index in [1.165, 1.54) is 16.9 Å². The first kappa shape index (κ1) is 15.9. The van der Waals surface area contributed by atoms with Gasteiger partial charge in [0.1, 0.15) is 0 Å². The first-order valence-electron chi connectivity index (χ1n) is 7.19. The molecular formula is C16H22N2O2S. The molecule has 0 aliphatic heterocycles. The zero-order chi connectivity index (χ0) is 15.2. The van der Waals surface area contributed by atoms with Gasteiger partial charge < -0.3 is 10.1 Å². The minimum Gasteiger partial charge on any atom is -0.395 e. The van der Waals surface area contributed by atoms with E-state index >= 15 is 0 Å². The van der Waals surface area contributed by atoms with E-state index < -0.39 is 0 Å². The summed E-state index contributed by atoms with van der Waals surface area (Å²) in [5.74, 6) is 0.298. The molecule has 0 aliphatic carbocycles. The number of aromatic amines is 1. The average molecular weight is 306 g/mol. The van der Waals surface area contributed by atoms with Crippen molar-refractivity contribution < 1.29 is 5.11 Å². The highest BCUT2D eigenvalue weighted by Crippen LogP contribution is 2.21. The Kier molecular flexibility index (Phi) is 5.73. The van der Waals surface area contributed by atoms with Gasteiger partial charge in [-0.05, 0) is 11.5 Å². The summed E-state index contributed by atoms with van der Waals surface area (Å²) in [4.78, 5) is 17.8. The van der Waals surface area contributed by atoms with Gasteiger partial charge in [-0.3, -0.25) is 9.69 Å². The predicted octanol–water partition coefficient (Wildman–Crippen LogP) is 2.55. The highest BCUT2D eigenvalue weighted by atomic mass is 32.1. The van der Waals surface area contributed by atoms with Crippen molar-refractivity contribution in [1.82, 2.24) is 9.88 Å². The van der Waals surface area contributed by atoms with E-state index in [-0.39, 0.29) is 11.5 Å². The van der Waals surface area contributed by atoms with Gasteiger partial charge in [0.25, 0.3) is 0 Å². The third kappa shape index (κ3) is 4.52. The molecule has 0 atom stereocenters. The van der Waals surface area contributed by atoms with Gasteiger partial charge in [0.05, 0.1) is 6.61 Å². The van der Waals surface area contributed by atoms with E-state index in [0.29, 0.717) is 19.0 Å². The molecule has 0 radical (unpaired) electrons. The number of thiazole rings is 1. The second-order valence-electron chi connectivity index (χ2n) is 5.43. The van der Waals surface area contributed by atoms with Crippen molar-refractivity contribution in [2.75, 3.05) is 13.2 Å². The van der Waals surface area contributed by atoms with Crippen molar-refractivity contribution in [3.8, 4) is 0 Å². The van der Waals surface area contributed by atoms with Crippen LogP contribution in [0.3, 0.4) is 0 Å². The Morgan fingerprint density at radius 2 is 1.95 bits per heavy atom. The first-order chi connectivity index (χ1) is 10.1. The molecule has 0 fully saturated rings. The fraction of sp³-hybridized carbons (Fsp3) is 0.438. The monoisotopic (exact) mass is 306 g/mol. The maximum atomic E-state index is 11.6. The summed E-state index contributed by atoms with van der Waals surface area (Å²) in [7, 11) is 0. The summed E-state index contributed by atoms with van der Waals surface area (Å²) in [6, 6.07) is 10.2. The van der Waals surface area contributed by atoms with Crippen LogP contribution in [0.25, 0.3) is 0 Å². The quantitative estimate of drug-likeness (QED) is 0.826. The maximum absolute atomic E-state index is 11.6. The Morgan fingerprint density at radius 3 is 2.57 bits per heavy atom. The zero-order valence-corrected chi connectivity index (χ0v) is 13.3. The van der Waals surface area contributed by atoms with Crippen molar-refractivity contribution in [1.29, 1.82) is 0 Å². The Bertz CT molecular complexity index is 604. The van der Waals surface area contributed by atoms with Gasteiger partial charge in [0.15, 0.2) is 0 Å². The molecule has 5 heteroatoms. The fourth-order valence-electron chi connectivity index (χ4n) is 2.36. The van der Waals surface area contributed by atoms with Gasteiger partial charge in [-0.15, -0.1) is 0 Å². The van der Waals surface area contributed by atoms with Gasteiger partial charge in [0, 0.05) is 30.2 Å². The third-order valence-corrected chi connectivity index (χ3v) is 4.25. The summed E-state index contributed by atoms with van der Waals surface area (Å²) in [6.07, 6.45) is 0. The van der Waals surface area contributed by atoms with E-state index in [9.17, 15) is 9.90 Å². The number of aromatic nitrogens is 1. The lowest BCUT2D eigenvalue weighted by Gasteiger charge is -2.21. The predicted molar refractivity (Wildman–Crippen MR) is 86.7 cm³/mol.